The van der Waals surface area contributed by atoms with E-state index < -0.39 is 23.2 Å². The molecule has 0 unspecified atom stereocenters. The van der Waals surface area contributed by atoms with Crippen molar-refractivity contribution < 1.29 is 19.1 Å². The summed E-state index contributed by atoms with van der Waals surface area (Å²) in [7, 11) is 0. The number of amides is 2. The summed E-state index contributed by atoms with van der Waals surface area (Å²) in [5.74, 6) is -1.08. The number of thioether (sulfide) groups is 1. The zero-order chi connectivity index (χ0) is 20.4. The third-order valence-corrected chi connectivity index (χ3v) is 5.40. The predicted octanol–water partition coefficient (Wildman–Crippen LogP) is 3.48. The lowest BCUT2D eigenvalue weighted by Crippen LogP contribution is -2.42. The molecule has 2 aromatic rings. The quantitative estimate of drug-likeness (QED) is 0.566. The Morgan fingerprint density at radius 3 is 2.61 bits per heavy atom. The minimum absolute atomic E-state index is 0.191. The highest BCUT2D eigenvalue weighted by molar-refractivity contribution is 8.18. The second-order valence-electron chi connectivity index (χ2n) is 6.35. The van der Waals surface area contributed by atoms with Crippen LogP contribution in [0, 0.1) is 13.8 Å². The second-order valence-corrected chi connectivity index (χ2v) is 7.34. The molecule has 8 heteroatoms. The van der Waals surface area contributed by atoms with Crippen LogP contribution in [-0.2, 0) is 14.3 Å². The van der Waals surface area contributed by atoms with Crippen LogP contribution >= 0.6 is 11.8 Å². The first kappa shape index (κ1) is 19.9. The molecule has 2 amide bonds. The van der Waals surface area contributed by atoms with Crippen molar-refractivity contribution in [1.82, 2.24) is 14.5 Å². The third kappa shape index (κ3) is 3.60. The minimum Gasteiger partial charge on any atom is -0.464 e. The van der Waals surface area contributed by atoms with E-state index in [-0.39, 0.29) is 11.5 Å². The highest BCUT2D eigenvalue weighted by Crippen LogP contribution is 2.35. The van der Waals surface area contributed by atoms with Crippen LogP contribution in [0.1, 0.15) is 30.8 Å². The first-order chi connectivity index (χ1) is 13.3. The topological polar surface area (TPSA) is 81.5 Å². The van der Waals surface area contributed by atoms with Crippen molar-refractivity contribution in [1.29, 1.82) is 0 Å². The van der Waals surface area contributed by atoms with Gasteiger partial charge >= 0.3 is 5.97 Å². The van der Waals surface area contributed by atoms with Gasteiger partial charge < -0.3 is 9.30 Å². The molecule has 1 aliphatic rings. The van der Waals surface area contributed by atoms with Crippen LogP contribution in [0.3, 0.4) is 0 Å². The smallest absolute Gasteiger partial charge is 0.329 e. The standard InChI is InChI=1S/C20H21N3O4S/c1-5-27-19(25)14(4)23-18(24)17(28-20(23)26)11-15-10-12(2)22(13(15)3)16-6-8-21-9-7-16/h6-11,14H,5H2,1-4H3/b17-11+/t14-/m0/s1. The van der Waals surface area contributed by atoms with Gasteiger partial charge in [0.1, 0.15) is 6.04 Å². The molecule has 0 saturated carbocycles. The van der Waals surface area contributed by atoms with E-state index in [1.165, 1.54) is 6.92 Å². The van der Waals surface area contributed by atoms with Crippen LogP contribution in [0.4, 0.5) is 4.79 Å². The number of ether oxygens (including phenoxy) is 1. The van der Waals surface area contributed by atoms with E-state index >= 15 is 0 Å². The average molecular weight is 399 g/mol. The Bertz CT molecular complexity index is 965. The van der Waals surface area contributed by atoms with Crippen LogP contribution in [0.25, 0.3) is 11.8 Å². The molecule has 1 fully saturated rings. The number of imide groups is 1. The molecule has 28 heavy (non-hydrogen) atoms. The van der Waals surface area contributed by atoms with E-state index in [0.717, 1.165) is 39.3 Å². The van der Waals surface area contributed by atoms with E-state index in [2.05, 4.69) is 9.55 Å². The molecule has 0 bridgehead atoms. The van der Waals surface area contributed by atoms with E-state index in [1.807, 2.05) is 32.0 Å². The lowest BCUT2D eigenvalue weighted by Gasteiger charge is -2.19. The predicted molar refractivity (Wildman–Crippen MR) is 107 cm³/mol. The molecule has 0 spiro atoms. The van der Waals surface area contributed by atoms with Gasteiger partial charge in [0.2, 0.25) is 0 Å². The Hall–Kier alpha value is -2.87. The van der Waals surface area contributed by atoms with Crippen molar-refractivity contribution in [2.75, 3.05) is 6.61 Å². The Morgan fingerprint density at radius 2 is 1.96 bits per heavy atom. The van der Waals surface area contributed by atoms with Gasteiger partial charge in [0.15, 0.2) is 0 Å². The summed E-state index contributed by atoms with van der Waals surface area (Å²) in [6, 6.07) is 4.80. The van der Waals surface area contributed by atoms with E-state index in [0.29, 0.717) is 0 Å². The van der Waals surface area contributed by atoms with E-state index in [9.17, 15) is 14.4 Å². The number of pyridine rings is 1. The highest BCUT2D eigenvalue weighted by Gasteiger charge is 2.41. The fourth-order valence-electron chi connectivity index (χ4n) is 3.15. The zero-order valence-electron chi connectivity index (χ0n) is 16.1. The lowest BCUT2D eigenvalue weighted by atomic mass is 10.2. The van der Waals surface area contributed by atoms with Crippen LogP contribution < -0.4 is 0 Å². The van der Waals surface area contributed by atoms with Crippen LogP contribution in [0.2, 0.25) is 0 Å². The van der Waals surface area contributed by atoms with Crippen LogP contribution in [0.5, 0.6) is 0 Å². The summed E-state index contributed by atoms with van der Waals surface area (Å²) in [6.07, 6.45) is 5.13. The molecule has 2 aromatic heterocycles. The SMILES string of the molecule is CCOC(=O)[C@H](C)N1C(=O)S/C(=C/c2cc(C)n(-c3ccncc3)c2C)C1=O. The molecule has 146 valence electrons. The lowest BCUT2D eigenvalue weighted by molar-refractivity contribution is -0.150. The number of carbonyl (C=O) groups is 3. The maximum atomic E-state index is 12.7. The normalized spacial score (nSPS) is 16.7. The number of hydrogen-bond donors (Lipinski definition) is 0. The summed E-state index contributed by atoms with van der Waals surface area (Å²) < 4.78 is 6.99. The number of nitrogens with zero attached hydrogens (tertiary/aromatic N) is 3. The van der Waals surface area contributed by atoms with Crippen molar-refractivity contribution in [3.8, 4) is 5.69 Å². The molecular weight excluding hydrogens is 378 g/mol. The minimum atomic E-state index is -0.956. The molecule has 1 aliphatic heterocycles. The number of aromatic nitrogens is 2. The molecule has 1 atom stereocenters. The van der Waals surface area contributed by atoms with Gasteiger partial charge in [0.25, 0.3) is 11.1 Å². The Labute approximate surface area is 167 Å². The molecule has 1 saturated heterocycles. The van der Waals surface area contributed by atoms with Gasteiger partial charge in [0.05, 0.1) is 11.5 Å². The van der Waals surface area contributed by atoms with Gasteiger partial charge in [-0.25, -0.2) is 4.79 Å². The number of rotatable bonds is 5. The van der Waals surface area contributed by atoms with Crippen LogP contribution in [-0.4, -0.2) is 44.2 Å². The van der Waals surface area contributed by atoms with Gasteiger partial charge in [-0.05, 0) is 69.3 Å². The third-order valence-electron chi connectivity index (χ3n) is 4.52. The molecule has 7 nitrogen and oxygen atoms in total. The molecule has 0 aromatic carbocycles. The molecule has 0 radical (unpaired) electrons. The molecule has 0 N–H and O–H groups in total. The highest BCUT2D eigenvalue weighted by atomic mass is 32.2. The van der Waals surface area contributed by atoms with Crippen molar-refractivity contribution >= 4 is 35.0 Å². The van der Waals surface area contributed by atoms with Gasteiger partial charge in [-0.2, -0.15) is 0 Å². The number of esters is 1. The van der Waals surface area contributed by atoms with Gasteiger partial charge in [0, 0.05) is 29.5 Å². The van der Waals surface area contributed by atoms with Crippen LogP contribution in [0.15, 0.2) is 35.5 Å². The van der Waals surface area contributed by atoms with Gasteiger partial charge in [-0.1, -0.05) is 0 Å². The molecule has 3 rings (SSSR count). The Balaban J connectivity index is 1.92. The largest absolute Gasteiger partial charge is 0.464 e. The van der Waals surface area contributed by atoms with E-state index in [1.54, 1.807) is 25.4 Å². The number of aryl methyl sites for hydroxylation is 1. The zero-order valence-corrected chi connectivity index (χ0v) is 16.9. The maximum absolute atomic E-state index is 12.7. The summed E-state index contributed by atoms with van der Waals surface area (Å²) in [5.41, 5.74) is 3.74. The van der Waals surface area contributed by atoms with Gasteiger partial charge in [-0.15, -0.1) is 0 Å². The monoisotopic (exact) mass is 399 g/mol. The van der Waals surface area contributed by atoms with Crippen molar-refractivity contribution in [3.05, 3.63) is 52.4 Å². The first-order valence-electron chi connectivity index (χ1n) is 8.88. The molecular formula is C20H21N3O4S. The van der Waals surface area contributed by atoms with Gasteiger partial charge in [-0.3, -0.25) is 19.5 Å². The second kappa shape index (κ2) is 8.02. The summed E-state index contributed by atoms with van der Waals surface area (Å²) in [5, 5.41) is -0.472. The summed E-state index contributed by atoms with van der Waals surface area (Å²) in [6.45, 7) is 7.28. The number of hydrogen-bond acceptors (Lipinski definition) is 6. The van der Waals surface area contributed by atoms with Crippen molar-refractivity contribution in [2.24, 2.45) is 0 Å². The Morgan fingerprint density at radius 1 is 1.29 bits per heavy atom. The first-order valence-corrected chi connectivity index (χ1v) is 9.69. The summed E-state index contributed by atoms with van der Waals surface area (Å²) in [4.78, 5) is 42.3. The Kier molecular flexibility index (Phi) is 5.69. The maximum Gasteiger partial charge on any atom is 0.329 e. The average Bonchev–Trinajstić information content (AvgIpc) is 3.10. The number of carbonyl (C=O) groups excluding carboxylic acids is 3. The van der Waals surface area contributed by atoms with Crippen molar-refractivity contribution in [3.63, 3.8) is 0 Å². The molecule has 0 aliphatic carbocycles. The fourth-order valence-corrected chi connectivity index (χ4v) is 4.05. The fraction of sp³-hybridized carbons (Fsp3) is 0.300. The van der Waals surface area contributed by atoms with Crippen molar-refractivity contribution in [2.45, 2.75) is 33.7 Å². The van der Waals surface area contributed by atoms with E-state index in [4.69, 9.17) is 4.74 Å². The molecule has 3 heterocycles. The summed E-state index contributed by atoms with van der Waals surface area (Å²) >= 11 is 0.832.